The second-order valence-corrected chi connectivity index (χ2v) is 5.39. The average Bonchev–Trinajstić information content (AvgIpc) is 2.53. The van der Waals surface area contributed by atoms with E-state index < -0.39 is 0 Å². The summed E-state index contributed by atoms with van der Waals surface area (Å²) < 4.78 is 5.15. The number of carbonyl (C=O) groups is 1. The molecule has 2 amide bonds. The number of nitrogens with one attached hydrogen (secondary N) is 2. The van der Waals surface area contributed by atoms with E-state index in [-0.39, 0.29) is 12.1 Å². The molecule has 0 bridgehead atoms. The van der Waals surface area contributed by atoms with Gasteiger partial charge in [0.25, 0.3) is 0 Å². The van der Waals surface area contributed by atoms with Crippen molar-refractivity contribution in [1.82, 2.24) is 10.6 Å². The molecule has 2 aromatic rings. The number of rotatable bonds is 5. The van der Waals surface area contributed by atoms with Gasteiger partial charge in [-0.1, -0.05) is 35.9 Å². The van der Waals surface area contributed by atoms with E-state index in [0.717, 1.165) is 16.9 Å². The molecule has 2 aromatic carbocycles. The van der Waals surface area contributed by atoms with Crippen molar-refractivity contribution in [2.45, 2.75) is 19.5 Å². The maximum atomic E-state index is 11.9. The first-order chi connectivity index (χ1) is 10.6. The Bertz CT molecular complexity index is 629. The summed E-state index contributed by atoms with van der Waals surface area (Å²) in [5, 5.41) is 6.40. The summed E-state index contributed by atoms with van der Waals surface area (Å²) in [4.78, 5) is 11.9. The molecular weight excluding hydrogens is 300 g/mol. The normalized spacial score (nSPS) is 11.6. The molecular formula is C17H19ClN2O2. The van der Waals surface area contributed by atoms with Crippen LogP contribution < -0.4 is 15.4 Å². The number of halogens is 1. The van der Waals surface area contributed by atoms with E-state index in [1.165, 1.54) is 0 Å². The van der Waals surface area contributed by atoms with E-state index in [9.17, 15) is 4.79 Å². The molecule has 0 aromatic heterocycles. The first-order valence-corrected chi connectivity index (χ1v) is 7.39. The standard InChI is InChI=1S/C17H19ClN2O2/c1-12(14-6-8-15(18)9-7-14)20-17(21)19-11-13-4-3-5-16(10-13)22-2/h3-10,12H,11H2,1-2H3,(H2,19,20,21). The largest absolute Gasteiger partial charge is 0.497 e. The Labute approximate surface area is 135 Å². The Hall–Kier alpha value is -2.20. The number of amides is 2. The van der Waals surface area contributed by atoms with Gasteiger partial charge in [0.1, 0.15) is 5.75 Å². The molecule has 0 aliphatic heterocycles. The van der Waals surface area contributed by atoms with Gasteiger partial charge in [-0.25, -0.2) is 4.79 Å². The lowest BCUT2D eigenvalue weighted by atomic mass is 10.1. The van der Waals surface area contributed by atoms with Crippen molar-refractivity contribution in [3.8, 4) is 5.75 Å². The third-order valence-corrected chi connectivity index (χ3v) is 3.56. The van der Waals surface area contributed by atoms with E-state index >= 15 is 0 Å². The van der Waals surface area contributed by atoms with Crippen LogP contribution in [0, 0.1) is 0 Å². The number of hydrogen-bond acceptors (Lipinski definition) is 2. The van der Waals surface area contributed by atoms with Crippen LogP contribution in [-0.2, 0) is 6.54 Å². The average molecular weight is 319 g/mol. The van der Waals surface area contributed by atoms with Gasteiger partial charge in [-0.3, -0.25) is 0 Å². The lowest BCUT2D eigenvalue weighted by molar-refractivity contribution is 0.237. The summed E-state index contributed by atoms with van der Waals surface area (Å²) in [6.45, 7) is 2.37. The van der Waals surface area contributed by atoms with E-state index in [1.54, 1.807) is 7.11 Å². The quantitative estimate of drug-likeness (QED) is 0.878. The third kappa shape index (κ3) is 4.67. The van der Waals surface area contributed by atoms with Crippen LogP contribution in [0.1, 0.15) is 24.1 Å². The highest BCUT2D eigenvalue weighted by molar-refractivity contribution is 6.30. The van der Waals surface area contributed by atoms with Gasteiger partial charge >= 0.3 is 6.03 Å². The topological polar surface area (TPSA) is 50.4 Å². The van der Waals surface area contributed by atoms with Gasteiger partial charge in [0.2, 0.25) is 0 Å². The zero-order chi connectivity index (χ0) is 15.9. The Kier molecular flexibility index (Phi) is 5.67. The van der Waals surface area contributed by atoms with Crippen LogP contribution in [0.15, 0.2) is 48.5 Å². The van der Waals surface area contributed by atoms with Gasteiger partial charge in [0.05, 0.1) is 13.2 Å². The summed E-state index contributed by atoms with van der Waals surface area (Å²) in [5.41, 5.74) is 1.98. The maximum absolute atomic E-state index is 11.9. The van der Waals surface area contributed by atoms with Crippen molar-refractivity contribution in [3.05, 3.63) is 64.7 Å². The molecule has 1 atom stereocenters. The Morgan fingerprint density at radius 1 is 1.23 bits per heavy atom. The van der Waals surface area contributed by atoms with E-state index in [0.29, 0.717) is 11.6 Å². The molecule has 0 aliphatic carbocycles. The zero-order valence-electron chi connectivity index (χ0n) is 12.6. The van der Waals surface area contributed by atoms with Gasteiger partial charge < -0.3 is 15.4 Å². The van der Waals surface area contributed by atoms with Crippen LogP contribution in [0.4, 0.5) is 4.79 Å². The highest BCUT2D eigenvalue weighted by Crippen LogP contribution is 2.16. The Morgan fingerprint density at radius 3 is 2.64 bits per heavy atom. The van der Waals surface area contributed by atoms with Crippen molar-refractivity contribution >= 4 is 17.6 Å². The molecule has 22 heavy (non-hydrogen) atoms. The Balaban J connectivity index is 1.85. The first-order valence-electron chi connectivity index (χ1n) is 7.01. The fourth-order valence-corrected chi connectivity index (χ4v) is 2.17. The van der Waals surface area contributed by atoms with Crippen molar-refractivity contribution in [3.63, 3.8) is 0 Å². The molecule has 2 N–H and O–H groups in total. The number of benzene rings is 2. The fraction of sp³-hybridized carbons (Fsp3) is 0.235. The van der Waals surface area contributed by atoms with Crippen molar-refractivity contribution in [1.29, 1.82) is 0 Å². The minimum Gasteiger partial charge on any atom is -0.497 e. The van der Waals surface area contributed by atoms with Gasteiger partial charge in [-0.15, -0.1) is 0 Å². The van der Waals surface area contributed by atoms with Gasteiger partial charge in [0.15, 0.2) is 0 Å². The molecule has 2 rings (SSSR count). The minimum atomic E-state index is -0.217. The minimum absolute atomic E-state index is 0.0948. The molecule has 0 saturated carbocycles. The predicted molar refractivity (Wildman–Crippen MR) is 88.2 cm³/mol. The van der Waals surface area contributed by atoms with E-state index in [2.05, 4.69) is 10.6 Å². The fourth-order valence-electron chi connectivity index (χ4n) is 2.05. The second-order valence-electron chi connectivity index (χ2n) is 4.95. The summed E-state index contributed by atoms with van der Waals surface area (Å²) in [5.74, 6) is 0.772. The summed E-state index contributed by atoms with van der Waals surface area (Å²) in [7, 11) is 1.62. The highest BCUT2D eigenvalue weighted by atomic mass is 35.5. The van der Waals surface area contributed by atoms with Crippen molar-refractivity contribution in [2.75, 3.05) is 7.11 Å². The summed E-state index contributed by atoms with van der Waals surface area (Å²) in [6, 6.07) is 14.7. The third-order valence-electron chi connectivity index (χ3n) is 3.30. The number of hydrogen-bond donors (Lipinski definition) is 2. The maximum Gasteiger partial charge on any atom is 0.315 e. The molecule has 4 nitrogen and oxygen atoms in total. The van der Waals surface area contributed by atoms with Crippen LogP contribution in [0.3, 0.4) is 0 Å². The number of methoxy groups -OCH3 is 1. The molecule has 0 radical (unpaired) electrons. The van der Waals surface area contributed by atoms with E-state index in [4.69, 9.17) is 16.3 Å². The molecule has 0 spiro atoms. The highest BCUT2D eigenvalue weighted by Gasteiger charge is 2.09. The first kappa shape index (κ1) is 16.2. The van der Waals surface area contributed by atoms with Gasteiger partial charge in [-0.05, 0) is 42.3 Å². The Morgan fingerprint density at radius 2 is 1.95 bits per heavy atom. The molecule has 0 aliphatic rings. The van der Waals surface area contributed by atoms with Crippen LogP contribution in [0.25, 0.3) is 0 Å². The summed E-state index contributed by atoms with van der Waals surface area (Å²) in [6.07, 6.45) is 0. The van der Waals surface area contributed by atoms with Gasteiger partial charge in [-0.2, -0.15) is 0 Å². The number of carbonyl (C=O) groups excluding carboxylic acids is 1. The van der Waals surface area contributed by atoms with Crippen LogP contribution >= 0.6 is 11.6 Å². The van der Waals surface area contributed by atoms with Crippen molar-refractivity contribution in [2.24, 2.45) is 0 Å². The number of urea groups is 1. The monoisotopic (exact) mass is 318 g/mol. The van der Waals surface area contributed by atoms with E-state index in [1.807, 2.05) is 55.5 Å². The van der Waals surface area contributed by atoms with Gasteiger partial charge in [0, 0.05) is 11.6 Å². The van der Waals surface area contributed by atoms with Crippen LogP contribution in [0.2, 0.25) is 5.02 Å². The van der Waals surface area contributed by atoms with Crippen LogP contribution in [-0.4, -0.2) is 13.1 Å². The smallest absolute Gasteiger partial charge is 0.315 e. The van der Waals surface area contributed by atoms with Crippen LogP contribution in [0.5, 0.6) is 5.75 Å². The molecule has 116 valence electrons. The second kappa shape index (κ2) is 7.71. The molecule has 0 saturated heterocycles. The lowest BCUT2D eigenvalue weighted by Crippen LogP contribution is -2.36. The number of ether oxygens (including phenoxy) is 1. The lowest BCUT2D eigenvalue weighted by Gasteiger charge is -2.15. The summed E-state index contributed by atoms with van der Waals surface area (Å²) >= 11 is 5.85. The molecule has 1 unspecified atom stereocenters. The molecule has 0 heterocycles. The SMILES string of the molecule is COc1cccc(CNC(=O)NC(C)c2ccc(Cl)cc2)c1. The zero-order valence-corrected chi connectivity index (χ0v) is 13.4. The van der Waals surface area contributed by atoms with Crippen molar-refractivity contribution < 1.29 is 9.53 Å². The predicted octanol–water partition coefficient (Wildman–Crippen LogP) is 3.91. The molecule has 0 fully saturated rings. The molecule has 5 heteroatoms.